The van der Waals surface area contributed by atoms with Crippen molar-refractivity contribution in [1.29, 1.82) is 0 Å². The van der Waals surface area contributed by atoms with E-state index in [1.807, 2.05) is 36.4 Å². The fourth-order valence-electron chi connectivity index (χ4n) is 2.30. The average Bonchev–Trinajstić information content (AvgIpc) is 2.64. The van der Waals surface area contributed by atoms with E-state index in [1.165, 1.54) is 17.8 Å². The first-order valence-corrected chi connectivity index (χ1v) is 9.12. The molecule has 0 saturated carbocycles. The summed E-state index contributed by atoms with van der Waals surface area (Å²) in [4.78, 5) is 13.7. The number of hydrogen-bond donors (Lipinski definition) is 2. The molecule has 0 spiro atoms. The fraction of sp³-hybridized carbons (Fsp3) is 0.0500. The van der Waals surface area contributed by atoms with E-state index in [9.17, 15) is 9.18 Å². The Labute approximate surface area is 160 Å². The molecule has 3 nitrogen and oxygen atoms in total. The highest BCUT2D eigenvalue weighted by Crippen LogP contribution is 2.32. The minimum Gasteiger partial charge on any atom is -0.334 e. The number of anilines is 1. The number of halogens is 2. The molecule has 3 aromatic rings. The van der Waals surface area contributed by atoms with Crippen LogP contribution in [0.15, 0.2) is 82.6 Å². The second-order valence-electron chi connectivity index (χ2n) is 5.45. The minimum atomic E-state index is -0.387. The Bertz CT molecular complexity index is 888. The zero-order chi connectivity index (χ0) is 18.4. The smallest absolute Gasteiger partial charge is 0.319 e. The number of carbonyl (C=O) groups is 1. The molecule has 0 radical (unpaired) electrons. The monoisotopic (exact) mass is 386 g/mol. The van der Waals surface area contributed by atoms with Crippen LogP contribution in [0.3, 0.4) is 0 Å². The van der Waals surface area contributed by atoms with E-state index in [1.54, 1.807) is 30.3 Å². The molecule has 2 N–H and O–H groups in total. The van der Waals surface area contributed by atoms with Crippen molar-refractivity contribution in [2.75, 3.05) is 5.32 Å². The van der Waals surface area contributed by atoms with Gasteiger partial charge in [0.05, 0.1) is 0 Å². The van der Waals surface area contributed by atoms with E-state index < -0.39 is 0 Å². The second kappa shape index (κ2) is 8.74. The second-order valence-corrected chi connectivity index (χ2v) is 7.00. The van der Waals surface area contributed by atoms with Crippen LogP contribution in [0.25, 0.3) is 0 Å². The molecule has 0 fully saturated rings. The Morgan fingerprint density at radius 3 is 2.42 bits per heavy atom. The number of urea groups is 1. The summed E-state index contributed by atoms with van der Waals surface area (Å²) in [6, 6.07) is 20.9. The highest BCUT2D eigenvalue weighted by atomic mass is 35.5. The van der Waals surface area contributed by atoms with Crippen molar-refractivity contribution in [2.45, 2.75) is 16.3 Å². The number of hydrogen-bond acceptors (Lipinski definition) is 2. The van der Waals surface area contributed by atoms with Gasteiger partial charge in [-0.3, -0.25) is 0 Å². The summed E-state index contributed by atoms with van der Waals surface area (Å²) < 4.78 is 14.3. The number of benzene rings is 3. The standard InChI is InChI=1S/C20H16ClFN2OS/c21-14-9-11-16(12-10-14)26-19-8-4-7-18(22)17(19)13-23-20(25)24-15-5-2-1-3-6-15/h1-12H,13H2,(H2,23,24,25). The molecule has 0 aromatic heterocycles. The van der Waals surface area contributed by atoms with Crippen LogP contribution in [0.4, 0.5) is 14.9 Å². The number of amides is 2. The Balaban J connectivity index is 1.69. The summed E-state index contributed by atoms with van der Waals surface area (Å²) in [5, 5.41) is 6.06. The van der Waals surface area contributed by atoms with Crippen LogP contribution >= 0.6 is 23.4 Å². The van der Waals surface area contributed by atoms with Gasteiger partial charge in [-0.1, -0.05) is 47.6 Å². The van der Waals surface area contributed by atoms with Crippen LogP contribution in [0.2, 0.25) is 5.02 Å². The van der Waals surface area contributed by atoms with Crippen molar-refractivity contribution in [1.82, 2.24) is 5.32 Å². The van der Waals surface area contributed by atoms with E-state index in [-0.39, 0.29) is 18.4 Å². The van der Waals surface area contributed by atoms with Gasteiger partial charge in [-0.05, 0) is 48.5 Å². The zero-order valence-corrected chi connectivity index (χ0v) is 15.3. The summed E-state index contributed by atoms with van der Waals surface area (Å²) >= 11 is 7.32. The molecule has 0 aliphatic heterocycles. The van der Waals surface area contributed by atoms with Crippen LogP contribution in [0.1, 0.15) is 5.56 Å². The molecular formula is C20H16ClFN2OS. The summed E-state index contributed by atoms with van der Waals surface area (Å²) in [6.45, 7) is 0.0846. The van der Waals surface area contributed by atoms with Gasteiger partial charge >= 0.3 is 6.03 Å². The van der Waals surface area contributed by atoms with Crippen LogP contribution < -0.4 is 10.6 Å². The maximum absolute atomic E-state index is 14.3. The van der Waals surface area contributed by atoms with Crippen LogP contribution in [0, 0.1) is 5.82 Å². The molecule has 6 heteroatoms. The summed E-state index contributed by atoms with van der Waals surface area (Å²) in [5.41, 5.74) is 1.12. The van der Waals surface area contributed by atoms with Crippen molar-refractivity contribution in [3.63, 3.8) is 0 Å². The minimum absolute atomic E-state index is 0.0846. The molecule has 26 heavy (non-hydrogen) atoms. The van der Waals surface area contributed by atoms with Gasteiger partial charge in [0.25, 0.3) is 0 Å². The molecule has 0 atom stereocenters. The van der Waals surface area contributed by atoms with Gasteiger partial charge in [0.1, 0.15) is 5.82 Å². The average molecular weight is 387 g/mol. The topological polar surface area (TPSA) is 41.1 Å². The van der Waals surface area contributed by atoms with E-state index in [2.05, 4.69) is 10.6 Å². The van der Waals surface area contributed by atoms with E-state index in [0.717, 1.165) is 9.79 Å². The van der Waals surface area contributed by atoms with Gasteiger partial charge in [0.15, 0.2) is 0 Å². The predicted octanol–water partition coefficient (Wildman–Crippen LogP) is 5.95. The van der Waals surface area contributed by atoms with Crippen LogP contribution in [-0.4, -0.2) is 6.03 Å². The molecule has 2 amide bonds. The lowest BCUT2D eigenvalue weighted by Gasteiger charge is -2.12. The molecule has 0 saturated heterocycles. The molecule has 0 heterocycles. The van der Waals surface area contributed by atoms with Gasteiger partial charge in [-0.25, -0.2) is 9.18 Å². The SMILES string of the molecule is O=C(NCc1c(F)cccc1Sc1ccc(Cl)cc1)Nc1ccccc1. The molecule has 0 bridgehead atoms. The maximum Gasteiger partial charge on any atom is 0.319 e. The summed E-state index contributed by atoms with van der Waals surface area (Å²) in [7, 11) is 0. The molecule has 0 aliphatic rings. The Kier molecular flexibility index (Phi) is 6.15. The Hall–Kier alpha value is -2.50. The third kappa shape index (κ3) is 5.00. The van der Waals surface area contributed by atoms with Crippen molar-refractivity contribution in [3.8, 4) is 0 Å². The third-order valence-corrected chi connectivity index (χ3v) is 4.94. The van der Waals surface area contributed by atoms with Crippen LogP contribution in [0.5, 0.6) is 0 Å². The number of rotatable bonds is 5. The van der Waals surface area contributed by atoms with Gasteiger partial charge in [0, 0.05) is 32.6 Å². The Morgan fingerprint density at radius 1 is 0.962 bits per heavy atom. The van der Waals surface area contributed by atoms with E-state index in [4.69, 9.17) is 11.6 Å². The van der Waals surface area contributed by atoms with Gasteiger partial charge in [0.2, 0.25) is 0 Å². The first kappa shape index (κ1) is 18.3. The largest absolute Gasteiger partial charge is 0.334 e. The normalized spacial score (nSPS) is 10.4. The van der Waals surface area contributed by atoms with Gasteiger partial charge in [-0.15, -0.1) is 0 Å². The number of nitrogens with one attached hydrogen (secondary N) is 2. The first-order chi connectivity index (χ1) is 12.6. The molecule has 3 aromatic carbocycles. The quantitative estimate of drug-likeness (QED) is 0.568. The molecule has 3 rings (SSSR count). The Morgan fingerprint density at radius 2 is 1.69 bits per heavy atom. The maximum atomic E-state index is 14.3. The molecule has 132 valence electrons. The van der Waals surface area contributed by atoms with Crippen LogP contribution in [-0.2, 0) is 6.54 Å². The summed E-state index contributed by atoms with van der Waals surface area (Å²) in [5.74, 6) is -0.357. The van der Waals surface area contributed by atoms with Crippen molar-refractivity contribution in [3.05, 3.63) is 89.2 Å². The lowest BCUT2D eigenvalue weighted by atomic mass is 10.2. The molecule has 0 unspecified atom stereocenters. The highest BCUT2D eigenvalue weighted by Gasteiger charge is 2.11. The van der Waals surface area contributed by atoms with Gasteiger partial charge < -0.3 is 10.6 Å². The van der Waals surface area contributed by atoms with Crippen molar-refractivity contribution < 1.29 is 9.18 Å². The first-order valence-electron chi connectivity index (χ1n) is 7.92. The highest BCUT2D eigenvalue weighted by molar-refractivity contribution is 7.99. The van der Waals surface area contributed by atoms with E-state index >= 15 is 0 Å². The third-order valence-electron chi connectivity index (χ3n) is 3.57. The fourth-order valence-corrected chi connectivity index (χ4v) is 3.39. The van der Waals surface area contributed by atoms with Crippen molar-refractivity contribution in [2.24, 2.45) is 0 Å². The van der Waals surface area contributed by atoms with E-state index in [0.29, 0.717) is 16.3 Å². The lowest BCUT2D eigenvalue weighted by molar-refractivity contribution is 0.251. The predicted molar refractivity (Wildman–Crippen MR) is 104 cm³/mol. The van der Waals surface area contributed by atoms with Crippen molar-refractivity contribution >= 4 is 35.1 Å². The number of para-hydroxylation sites is 1. The molecular weight excluding hydrogens is 371 g/mol. The molecule has 0 aliphatic carbocycles. The summed E-state index contributed by atoms with van der Waals surface area (Å²) in [6.07, 6.45) is 0. The lowest BCUT2D eigenvalue weighted by Crippen LogP contribution is -2.28. The number of carbonyl (C=O) groups excluding carboxylic acids is 1. The van der Waals surface area contributed by atoms with Gasteiger partial charge in [-0.2, -0.15) is 0 Å². The zero-order valence-electron chi connectivity index (χ0n) is 13.7.